The maximum atomic E-state index is 11.2. The Kier molecular flexibility index (Phi) is 23.2. The summed E-state index contributed by atoms with van der Waals surface area (Å²) >= 11 is 0. The van der Waals surface area contributed by atoms with E-state index < -0.39 is 5.97 Å². The molecule has 0 unspecified atom stereocenters. The molecule has 0 aromatic heterocycles. The molecule has 0 heterocycles. The molecule has 0 saturated carbocycles. The Labute approximate surface area is 235 Å². The van der Waals surface area contributed by atoms with Gasteiger partial charge in [0.2, 0.25) is 0 Å². The second-order valence-corrected chi connectivity index (χ2v) is 12.0. The molecule has 5 nitrogen and oxygen atoms in total. The summed E-state index contributed by atoms with van der Waals surface area (Å²) < 4.78 is 12.8. The summed E-state index contributed by atoms with van der Waals surface area (Å²) in [5, 5.41) is 11.2. The minimum atomic E-state index is -1.19. The first-order valence-corrected chi connectivity index (χ1v) is 15.6. The average molecular weight is 536 g/mol. The molecule has 0 N–H and O–H groups in total. The maximum absolute atomic E-state index is 11.2. The van der Waals surface area contributed by atoms with Crippen LogP contribution in [0.15, 0.2) is 18.2 Å². The van der Waals surface area contributed by atoms with Crippen LogP contribution in [0.4, 0.5) is 0 Å². The fourth-order valence-electron chi connectivity index (χ4n) is 4.06. The summed E-state index contributed by atoms with van der Waals surface area (Å²) in [6.07, 6.45) is 22.7. The molecule has 0 radical (unpaired) electrons. The molecule has 0 bridgehead atoms. The smallest absolute Gasteiger partial charge is 0.161 e. The monoisotopic (exact) mass is 535 g/mol. The van der Waals surface area contributed by atoms with Gasteiger partial charge in [-0.05, 0) is 31.0 Å². The molecule has 38 heavy (non-hydrogen) atoms. The third-order valence-corrected chi connectivity index (χ3v) is 6.19. The van der Waals surface area contributed by atoms with Crippen LogP contribution in [-0.2, 0) is 0 Å². The van der Waals surface area contributed by atoms with Crippen LogP contribution in [0.1, 0.15) is 140 Å². The molecular formula is C33H61NO4. The summed E-state index contributed by atoms with van der Waals surface area (Å²) in [4.78, 5) is 11.2. The highest BCUT2D eigenvalue weighted by molar-refractivity contribution is 5.86. The molecule has 0 spiro atoms. The van der Waals surface area contributed by atoms with Gasteiger partial charge in [0.1, 0.15) is 0 Å². The first-order valence-electron chi connectivity index (χ1n) is 15.6. The van der Waals surface area contributed by atoms with Gasteiger partial charge >= 0.3 is 0 Å². The number of hydrogen-bond acceptors (Lipinski definition) is 4. The number of benzene rings is 1. The SMILES string of the molecule is CCCCCCCCCCCOc1ccc(C(=O)[O-])cc1OCCCCCCCCCCC.C[N+](C)(C)C. The number of hydrogen-bond donors (Lipinski definition) is 0. The molecular weight excluding hydrogens is 474 g/mol. The van der Waals surface area contributed by atoms with E-state index in [4.69, 9.17) is 9.47 Å². The second kappa shape index (κ2) is 24.3. The van der Waals surface area contributed by atoms with Crippen molar-refractivity contribution in [1.82, 2.24) is 0 Å². The van der Waals surface area contributed by atoms with Crippen LogP contribution in [0.5, 0.6) is 11.5 Å². The van der Waals surface area contributed by atoms with Gasteiger partial charge in [-0.2, -0.15) is 0 Å². The number of unbranched alkanes of at least 4 members (excludes halogenated alkanes) is 16. The minimum absolute atomic E-state index is 0.132. The van der Waals surface area contributed by atoms with Crippen LogP contribution in [-0.4, -0.2) is 51.9 Å². The van der Waals surface area contributed by atoms with Crippen molar-refractivity contribution in [3.05, 3.63) is 23.8 Å². The van der Waals surface area contributed by atoms with Gasteiger partial charge in [0.25, 0.3) is 0 Å². The van der Waals surface area contributed by atoms with Gasteiger partial charge < -0.3 is 23.9 Å². The molecule has 0 aliphatic rings. The summed E-state index contributed by atoms with van der Waals surface area (Å²) in [6, 6.07) is 4.77. The minimum Gasteiger partial charge on any atom is -0.545 e. The molecule has 1 rings (SSSR count). The number of carbonyl (C=O) groups is 1. The van der Waals surface area contributed by atoms with Crippen molar-refractivity contribution in [2.75, 3.05) is 41.4 Å². The van der Waals surface area contributed by atoms with Gasteiger partial charge in [0.15, 0.2) is 11.5 Å². The Morgan fingerprint density at radius 2 is 0.947 bits per heavy atom. The first-order chi connectivity index (χ1) is 18.2. The van der Waals surface area contributed by atoms with Crippen LogP contribution >= 0.6 is 0 Å². The highest BCUT2D eigenvalue weighted by atomic mass is 16.5. The van der Waals surface area contributed by atoms with Crippen molar-refractivity contribution < 1.29 is 23.9 Å². The highest BCUT2D eigenvalue weighted by Gasteiger charge is 2.08. The van der Waals surface area contributed by atoms with Crippen LogP contribution < -0.4 is 14.6 Å². The van der Waals surface area contributed by atoms with Gasteiger partial charge in [-0.1, -0.05) is 117 Å². The van der Waals surface area contributed by atoms with Gasteiger partial charge in [-0.3, -0.25) is 0 Å². The number of carboxylic acids is 1. The number of aromatic carboxylic acids is 1. The van der Waals surface area contributed by atoms with E-state index in [1.807, 2.05) is 0 Å². The molecule has 0 fully saturated rings. The molecule has 0 amide bonds. The largest absolute Gasteiger partial charge is 0.545 e. The first kappa shape index (κ1) is 36.2. The van der Waals surface area contributed by atoms with Gasteiger partial charge in [-0.15, -0.1) is 0 Å². The average Bonchev–Trinajstić information content (AvgIpc) is 2.85. The topological polar surface area (TPSA) is 58.6 Å². The Hall–Kier alpha value is -1.75. The van der Waals surface area contributed by atoms with Crippen molar-refractivity contribution in [2.24, 2.45) is 0 Å². The van der Waals surface area contributed by atoms with Crippen LogP contribution in [0.3, 0.4) is 0 Å². The van der Waals surface area contributed by atoms with E-state index in [1.165, 1.54) is 108 Å². The zero-order chi connectivity index (χ0) is 28.5. The van der Waals surface area contributed by atoms with Gasteiger partial charge in [0, 0.05) is 5.56 Å². The third kappa shape index (κ3) is 24.6. The molecule has 0 saturated heterocycles. The van der Waals surface area contributed by atoms with Gasteiger partial charge in [-0.25, -0.2) is 0 Å². The highest BCUT2D eigenvalue weighted by Crippen LogP contribution is 2.29. The summed E-state index contributed by atoms with van der Waals surface area (Å²) in [5.41, 5.74) is 0.132. The number of rotatable bonds is 23. The summed E-state index contributed by atoms with van der Waals surface area (Å²) in [7, 11) is 8.50. The molecule has 1 aromatic rings. The number of ether oxygens (including phenoxy) is 2. The summed E-state index contributed by atoms with van der Waals surface area (Å²) in [5.74, 6) is -0.0314. The zero-order valence-electron chi connectivity index (χ0n) is 26.0. The van der Waals surface area contributed by atoms with E-state index in [0.717, 1.165) is 23.7 Å². The van der Waals surface area contributed by atoms with Crippen molar-refractivity contribution in [3.63, 3.8) is 0 Å². The lowest BCUT2D eigenvalue weighted by Gasteiger charge is -2.15. The van der Waals surface area contributed by atoms with Crippen LogP contribution in [0.2, 0.25) is 0 Å². The van der Waals surface area contributed by atoms with Crippen molar-refractivity contribution in [1.29, 1.82) is 0 Å². The Morgan fingerprint density at radius 1 is 0.605 bits per heavy atom. The van der Waals surface area contributed by atoms with E-state index >= 15 is 0 Å². The van der Waals surface area contributed by atoms with E-state index in [9.17, 15) is 9.90 Å². The Balaban J connectivity index is 0.00000249. The van der Waals surface area contributed by atoms with Crippen molar-refractivity contribution in [3.8, 4) is 11.5 Å². The molecule has 5 heteroatoms. The second-order valence-electron chi connectivity index (χ2n) is 12.0. The number of carboxylic acid groups (broad SMARTS) is 1. The van der Waals surface area contributed by atoms with E-state index in [1.54, 1.807) is 6.07 Å². The van der Waals surface area contributed by atoms with E-state index in [2.05, 4.69) is 42.0 Å². The maximum Gasteiger partial charge on any atom is 0.161 e. The van der Waals surface area contributed by atoms with Gasteiger partial charge in [0.05, 0.1) is 47.4 Å². The third-order valence-electron chi connectivity index (χ3n) is 6.19. The van der Waals surface area contributed by atoms with Crippen molar-refractivity contribution >= 4 is 5.97 Å². The molecule has 1 aromatic carbocycles. The predicted octanol–water partition coefficient (Wildman–Crippen LogP) is 8.19. The Morgan fingerprint density at radius 3 is 1.32 bits per heavy atom. The quantitative estimate of drug-likeness (QED) is 0.105. The molecule has 0 aliphatic carbocycles. The van der Waals surface area contributed by atoms with E-state index in [0.29, 0.717) is 24.7 Å². The Bertz CT molecular complexity index is 678. The van der Waals surface area contributed by atoms with Crippen molar-refractivity contribution in [2.45, 2.75) is 129 Å². The number of nitrogens with zero attached hydrogens (tertiary/aromatic N) is 1. The molecule has 0 atom stereocenters. The fourth-order valence-corrected chi connectivity index (χ4v) is 4.06. The predicted molar refractivity (Wildman–Crippen MR) is 160 cm³/mol. The lowest BCUT2D eigenvalue weighted by Crippen LogP contribution is -2.27. The van der Waals surface area contributed by atoms with Crippen LogP contribution in [0.25, 0.3) is 0 Å². The van der Waals surface area contributed by atoms with E-state index in [-0.39, 0.29) is 5.56 Å². The molecule has 0 aliphatic heterocycles. The lowest BCUT2D eigenvalue weighted by molar-refractivity contribution is -0.849. The number of carbonyl (C=O) groups excluding carboxylic acids is 1. The molecule has 222 valence electrons. The fraction of sp³-hybridized carbons (Fsp3) is 0.788. The zero-order valence-corrected chi connectivity index (χ0v) is 26.0. The van der Waals surface area contributed by atoms with Crippen LogP contribution in [0, 0.1) is 0 Å². The normalized spacial score (nSPS) is 11.1. The lowest BCUT2D eigenvalue weighted by atomic mass is 10.1. The summed E-state index contributed by atoms with van der Waals surface area (Å²) in [6.45, 7) is 5.71. The standard InChI is InChI=1S/C29H50O4.C4H12N/c1-3-5-7-9-11-13-15-17-19-23-32-27-22-21-26(29(30)31)25-28(27)33-24-20-18-16-14-12-10-8-6-4-2;1-5(2,3)4/h21-22,25H,3-20,23-24H2,1-2H3,(H,30,31);1-4H3/q;+1/p-1. The number of quaternary nitrogens is 1.